The Balaban J connectivity index is 1.90. The van der Waals surface area contributed by atoms with Gasteiger partial charge >= 0.3 is 0 Å². The Kier molecular flexibility index (Phi) is 3.99. The molecule has 18 heavy (non-hydrogen) atoms. The molecule has 0 saturated heterocycles. The summed E-state index contributed by atoms with van der Waals surface area (Å²) in [7, 11) is 1.88. The first-order valence-corrected chi connectivity index (χ1v) is 6.02. The number of nitrogens with one attached hydrogen (secondary N) is 1. The smallest absolute Gasteiger partial charge is 0.252 e. The van der Waals surface area contributed by atoms with Crippen LogP contribution in [-0.2, 0) is 13.5 Å². The van der Waals surface area contributed by atoms with Gasteiger partial charge < -0.3 is 9.88 Å². The fourth-order valence-electron chi connectivity index (χ4n) is 1.58. The third kappa shape index (κ3) is 2.89. The standard InChI is InChI=1S/C12H14N4OS/c1-16-8-14-15-11(16)6-7-13-12(17)9-4-2-3-5-10(9)18/h2-5,8,18H,6-7H2,1H3,(H,13,17). The zero-order valence-electron chi connectivity index (χ0n) is 10.00. The van der Waals surface area contributed by atoms with Crippen molar-refractivity contribution in [2.24, 2.45) is 7.05 Å². The minimum atomic E-state index is -0.122. The molecule has 94 valence electrons. The summed E-state index contributed by atoms with van der Waals surface area (Å²) in [5.74, 6) is 0.720. The number of amides is 1. The zero-order chi connectivity index (χ0) is 13.0. The van der Waals surface area contributed by atoms with Gasteiger partial charge in [-0.3, -0.25) is 4.79 Å². The number of aryl methyl sites for hydroxylation is 1. The van der Waals surface area contributed by atoms with Crippen molar-refractivity contribution in [3.8, 4) is 0 Å². The van der Waals surface area contributed by atoms with E-state index in [2.05, 4.69) is 28.1 Å². The average Bonchev–Trinajstić information content (AvgIpc) is 2.75. The minimum absolute atomic E-state index is 0.122. The van der Waals surface area contributed by atoms with E-state index in [1.54, 1.807) is 18.5 Å². The van der Waals surface area contributed by atoms with E-state index in [4.69, 9.17) is 0 Å². The van der Waals surface area contributed by atoms with Crippen molar-refractivity contribution < 1.29 is 4.79 Å². The van der Waals surface area contributed by atoms with E-state index in [1.807, 2.05) is 23.7 Å². The molecule has 6 heteroatoms. The van der Waals surface area contributed by atoms with Gasteiger partial charge in [0.05, 0.1) is 5.56 Å². The molecule has 1 N–H and O–H groups in total. The number of hydrogen-bond acceptors (Lipinski definition) is 4. The van der Waals surface area contributed by atoms with E-state index in [9.17, 15) is 4.79 Å². The second-order valence-electron chi connectivity index (χ2n) is 3.88. The monoisotopic (exact) mass is 262 g/mol. The molecule has 2 rings (SSSR count). The number of benzene rings is 1. The fourth-order valence-corrected chi connectivity index (χ4v) is 1.84. The predicted octanol–water partition coefficient (Wildman–Crippen LogP) is 1.08. The number of rotatable bonds is 4. The van der Waals surface area contributed by atoms with Crippen LogP contribution in [0.25, 0.3) is 0 Å². The van der Waals surface area contributed by atoms with Gasteiger partial charge in [-0.15, -0.1) is 22.8 Å². The van der Waals surface area contributed by atoms with Gasteiger partial charge in [-0.05, 0) is 12.1 Å². The summed E-state index contributed by atoms with van der Waals surface area (Å²) in [6.07, 6.45) is 2.29. The maximum Gasteiger partial charge on any atom is 0.252 e. The van der Waals surface area contributed by atoms with Crippen molar-refractivity contribution >= 4 is 18.5 Å². The molecule has 0 aliphatic carbocycles. The molecule has 0 aliphatic rings. The van der Waals surface area contributed by atoms with Crippen LogP contribution in [-0.4, -0.2) is 27.2 Å². The summed E-state index contributed by atoms with van der Waals surface area (Å²) in [5.41, 5.74) is 0.582. The summed E-state index contributed by atoms with van der Waals surface area (Å²) in [6.45, 7) is 0.521. The molecule has 0 atom stereocenters. The van der Waals surface area contributed by atoms with Crippen LogP contribution in [0.2, 0.25) is 0 Å². The maximum absolute atomic E-state index is 11.9. The third-order valence-corrected chi connectivity index (χ3v) is 2.98. The highest BCUT2D eigenvalue weighted by molar-refractivity contribution is 7.80. The largest absolute Gasteiger partial charge is 0.352 e. The van der Waals surface area contributed by atoms with Crippen molar-refractivity contribution in [3.05, 3.63) is 42.0 Å². The van der Waals surface area contributed by atoms with Gasteiger partial charge in [0.25, 0.3) is 5.91 Å². The molecule has 5 nitrogen and oxygen atoms in total. The molecular formula is C12H14N4OS. The first-order valence-electron chi connectivity index (χ1n) is 5.57. The quantitative estimate of drug-likeness (QED) is 0.811. The Hall–Kier alpha value is -1.82. The lowest BCUT2D eigenvalue weighted by Gasteiger charge is -2.06. The number of hydrogen-bond donors (Lipinski definition) is 2. The van der Waals surface area contributed by atoms with E-state index >= 15 is 0 Å². The fraction of sp³-hybridized carbons (Fsp3) is 0.250. The lowest BCUT2D eigenvalue weighted by molar-refractivity contribution is 0.0951. The molecule has 0 spiro atoms. The topological polar surface area (TPSA) is 59.8 Å². The van der Waals surface area contributed by atoms with E-state index in [-0.39, 0.29) is 5.91 Å². The molecule has 0 saturated carbocycles. The van der Waals surface area contributed by atoms with Crippen molar-refractivity contribution in [1.82, 2.24) is 20.1 Å². The van der Waals surface area contributed by atoms with E-state index in [0.717, 1.165) is 5.82 Å². The molecule has 0 aliphatic heterocycles. The number of aromatic nitrogens is 3. The van der Waals surface area contributed by atoms with E-state index < -0.39 is 0 Å². The molecule has 1 heterocycles. The van der Waals surface area contributed by atoms with Gasteiger partial charge in [0.2, 0.25) is 0 Å². The van der Waals surface area contributed by atoms with Crippen LogP contribution in [0.3, 0.4) is 0 Å². The van der Waals surface area contributed by atoms with Gasteiger partial charge in [-0.1, -0.05) is 12.1 Å². The number of carbonyl (C=O) groups is 1. The normalized spacial score (nSPS) is 10.3. The van der Waals surface area contributed by atoms with Crippen LogP contribution in [0.4, 0.5) is 0 Å². The van der Waals surface area contributed by atoms with Gasteiger partial charge in [-0.2, -0.15) is 0 Å². The molecule has 2 aromatic rings. The average molecular weight is 262 g/mol. The SMILES string of the molecule is Cn1cnnc1CCNC(=O)c1ccccc1S. The van der Waals surface area contributed by atoms with Crippen molar-refractivity contribution in [1.29, 1.82) is 0 Å². The van der Waals surface area contributed by atoms with Crippen LogP contribution >= 0.6 is 12.6 Å². The number of carbonyl (C=O) groups excluding carboxylic acids is 1. The second kappa shape index (κ2) is 5.68. The highest BCUT2D eigenvalue weighted by Gasteiger charge is 2.08. The maximum atomic E-state index is 11.9. The molecule has 1 aromatic carbocycles. The minimum Gasteiger partial charge on any atom is -0.352 e. The van der Waals surface area contributed by atoms with E-state index in [0.29, 0.717) is 23.4 Å². The number of thiol groups is 1. The Morgan fingerprint density at radius 1 is 1.44 bits per heavy atom. The molecule has 1 aromatic heterocycles. The molecule has 0 bridgehead atoms. The number of nitrogens with zero attached hydrogens (tertiary/aromatic N) is 3. The molecular weight excluding hydrogens is 248 g/mol. The molecule has 0 radical (unpaired) electrons. The molecule has 1 amide bonds. The van der Waals surface area contributed by atoms with E-state index in [1.165, 1.54) is 0 Å². The van der Waals surface area contributed by atoms with Gasteiger partial charge in [0, 0.05) is 24.9 Å². The van der Waals surface area contributed by atoms with Crippen molar-refractivity contribution in [2.75, 3.05) is 6.54 Å². The van der Waals surface area contributed by atoms with Crippen LogP contribution in [0, 0.1) is 0 Å². The van der Waals surface area contributed by atoms with Crippen LogP contribution in [0.5, 0.6) is 0 Å². The van der Waals surface area contributed by atoms with Gasteiger partial charge in [0.1, 0.15) is 12.2 Å². The third-order valence-electron chi connectivity index (χ3n) is 2.59. The van der Waals surface area contributed by atoms with Gasteiger partial charge in [0.15, 0.2) is 0 Å². The highest BCUT2D eigenvalue weighted by Crippen LogP contribution is 2.12. The molecule has 0 unspecified atom stereocenters. The van der Waals surface area contributed by atoms with Crippen molar-refractivity contribution in [2.45, 2.75) is 11.3 Å². The van der Waals surface area contributed by atoms with Crippen LogP contribution in [0.15, 0.2) is 35.5 Å². The van der Waals surface area contributed by atoms with Crippen LogP contribution in [0.1, 0.15) is 16.2 Å². The second-order valence-corrected chi connectivity index (χ2v) is 4.36. The van der Waals surface area contributed by atoms with Crippen LogP contribution < -0.4 is 5.32 Å². The lowest BCUT2D eigenvalue weighted by Crippen LogP contribution is -2.26. The predicted molar refractivity (Wildman–Crippen MR) is 70.7 cm³/mol. The van der Waals surface area contributed by atoms with Crippen molar-refractivity contribution in [3.63, 3.8) is 0 Å². The summed E-state index contributed by atoms with van der Waals surface area (Å²) in [6, 6.07) is 7.21. The Bertz CT molecular complexity index is 553. The summed E-state index contributed by atoms with van der Waals surface area (Å²) in [5, 5.41) is 10.6. The molecule has 0 fully saturated rings. The summed E-state index contributed by atoms with van der Waals surface area (Å²) >= 11 is 4.25. The van der Waals surface area contributed by atoms with Gasteiger partial charge in [-0.25, -0.2) is 0 Å². The summed E-state index contributed by atoms with van der Waals surface area (Å²) in [4.78, 5) is 12.6. The lowest BCUT2D eigenvalue weighted by atomic mass is 10.2. The first-order chi connectivity index (χ1) is 8.68. The Morgan fingerprint density at radius 2 is 2.22 bits per heavy atom. The Morgan fingerprint density at radius 3 is 2.89 bits per heavy atom. The first kappa shape index (κ1) is 12.6. The Labute approximate surface area is 111 Å². The summed E-state index contributed by atoms with van der Waals surface area (Å²) < 4.78 is 1.83. The zero-order valence-corrected chi connectivity index (χ0v) is 10.9. The highest BCUT2D eigenvalue weighted by atomic mass is 32.1.